The van der Waals surface area contributed by atoms with Crippen molar-refractivity contribution in [1.29, 1.82) is 0 Å². The van der Waals surface area contributed by atoms with Crippen LogP contribution in [0.15, 0.2) is 54.4 Å². The Morgan fingerprint density at radius 1 is 1.20 bits per heavy atom. The van der Waals surface area contributed by atoms with E-state index >= 15 is 0 Å². The molecule has 0 spiro atoms. The topological polar surface area (TPSA) is 42.7 Å². The molecule has 0 aliphatic rings. The maximum absolute atomic E-state index is 4.42. The largest absolute Gasteiger partial charge is 0.324 e. The summed E-state index contributed by atoms with van der Waals surface area (Å²) in [6.07, 6.45) is 0. The summed E-state index contributed by atoms with van der Waals surface area (Å²) >= 11 is 1.63. The lowest BCUT2D eigenvalue weighted by Crippen LogP contribution is -2.04. The predicted molar refractivity (Wildman–Crippen MR) is 83.2 cm³/mol. The van der Waals surface area contributed by atoms with Crippen molar-refractivity contribution in [2.24, 2.45) is 0 Å². The Morgan fingerprint density at radius 3 is 2.70 bits per heavy atom. The fraction of sp³-hybridized carbons (Fsp3) is 0.0667. The average molecular weight is 282 g/mol. The van der Waals surface area contributed by atoms with Crippen LogP contribution >= 0.6 is 11.3 Å². The number of aryl methyl sites for hydroxylation is 1. The van der Waals surface area contributed by atoms with E-state index in [4.69, 9.17) is 0 Å². The third-order valence-electron chi connectivity index (χ3n) is 2.80. The Morgan fingerprint density at radius 2 is 2.00 bits per heavy atom. The Labute approximate surface area is 121 Å². The van der Waals surface area contributed by atoms with Crippen LogP contribution in [-0.4, -0.2) is 14.8 Å². The Hall–Kier alpha value is -2.40. The minimum absolute atomic E-state index is 0.673. The SMILES string of the molecule is C=C(c1cccs1)n1nc(C)nc1Nc1ccccc1. The van der Waals surface area contributed by atoms with E-state index in [1.165, 1.54) is 0 Å². The van der Waals surface area contributed by atoms with Gasteiger partial charge in [-0.15, -0.1) is 16.4 Å². The number of nitrogens with zero attached hydrogens (tertiary/aromatic N) is 3. The molecule has 0 saturated carbocycles. The highest BCUT2D eigenvalue weighted by molar-refractivity contribution is 7.11. The van der Waals surface area contributed by atoms with Crippen LogP contribution in [0.4, 0.5) is 11.6 Å². The van der Waals surface area contributed by atoms with E-state index in [9.17, 15) is 0 Å². The molecule has 3 aromatic rings. The molecule has 100 valence electrons. The van der Waals surface area contributed by atoms with Gasteiger partial charge in [-0.05, 0) is 30.5 Å². The van der Waals surface area contributed by atoms with Gasteiger partial charge in [-0.25, -0.2) is 0 Å². The van der Waals surface area contributed by atoms with Crippen LogP contribution in [0.3, 0.4) is 0 Å². The Balaban J connectivity index is 1.94. The zero-order chi connectivity index (χ0) is 13.9. The predicted octanol–water partition coefficient (Wildman–Crippen LogP) is 3.91. The van der Waals surface area contributed by atoms with Gasteiger partial charge in [0.25, 0.3) is 0 Å². The van der Waals surface area contributed by atoms with Gasteiger partial charge in [0, 0.05) is 5.69 Å². The number of benzene rings is 1. The molecule has 20 heavy (non-hydrogen) atoms. The minimum atomic E-state index is 0.673. The summed E-state index contributed by atoms with van der Waals surface area (Å²) in [6, 6.07) is 13.9. The Bertz CT molecular complexity index is 714. The summed E-state index contributed by atoms with van der Waals surface area (Å²) in [6.45, 7) is 5.98. The van der Waals surface area contributed by atoms with Crippen LogP contribution in [0.1, 0.15) is 10.7 Å². The molecule has 4 nitrogen and oxygen atoms in total. The van der Waals surface area contributed by atoms with Crippen molar-refractivity contribution in [2.45, 2.75) is 6.92 Å². The summed E-state index contributed by atoms with van der Waals surface area (Å²) < 4.78 is 1.74. The molecule has 0 atom stereocenters. The summed E-state index contributed by atoms with van der Waals surface area (Å²) in [5.74, 6) is 1.38. The van der Waals surface area contributed by atoms with Crippen molar-refractivity contribution in [3.8, 4) is 0 Å². The van der Waals surface area contributed by atoms with Crippen molar-refractivity contribution < 1.29 is 0 Å². The van der Waals surface area contributed by atoms with E-state index in [0.717, 1.165) is 16.3 Å². The Kier molecular flexibility index (Phi) is 3.35. The van der Waals surface area contributed by atoms with Crippen LogP contribution in [0.2, 0.25) is 0 Å². The number of anilines is 2. The van der Waals surface area contributed by atoms with E-state index in [-0.39, 0.29) is 0 Å². The van der Waals surface area contributed by atoms with Crippen molar-refractivity contribution >= 4 is 28.7 Å². The van der Waals surface area contributed by atoms with Crippen LogP contribution in [0.25, 0.3) is 5.70 Å². The van der Waals surface area contributed by atoms with Crippen LogP contribution in [-0.2, 0) is 0 Å². The minimum Gasteiger partial charge on any atom is -0.324 e. The molecule has 3 rings (SSSR count). The van der Waals surface area contributed by atoms with Crippen molar-refractivity contribution in [2.75, 3.05) is 5.32 Å². The molecule has 5 heteroatoms. The molecule has 0 fully saturated rings. The highest BCUT2D eigenvalue weighted by atomic mass is 32.1. The van der Waals surface area contributed by atoms with E-state index < -0.39 is 0 Å². The second-order valence-corrected chi connectivity index (χ2v) is 5.26. The molecule has 2 aromatic heterocycles. The number of rotatable bonds is 4. The first kappa shape index (κ1) is 12.6. The zero-order valence-electron chi connectivity index (χ0n) is 11.1. The summed E-state index contributed by atoms with van der Waals surface area (Å²) in [5, 5.41) is 9.70. The van der Waals surface area contributed by atoms with Gasteiger partial charge in [0.15, 0.2) is 0 Å². The maximum Gasteiger partial charge on any atom is 0.230 e. The molecule has 0 amide bonds. The first-order valence-corrected chi connectivity index (χ1v) is 7.11. The number of aromatic nitrogens is 3. The second kappa shape index (κ2) is 5.30. The molecule has 0 radical (unpaired) electrons. The van der Waals surface area contributed by atoms with Gasteiger partial charge in [-0.1, -0.05) is 30.8 Å². The zero-order valence-corrected chi connectivity index (χ0v) is 11.9. The third-order valence-corrected chi connectivity index (χ3v) is 3.72. The van der Waals surface area contributed by atoms with E-state index in [1.807, 2.05) is 54.8 Å². The van der Waals surface area contributed by atoms with Gasteiger partial charge in [-0.3, -0.25) is 0 Å². The van der Waals surface area contributed by atoms with Crippen molar-refractivity contribution in [3.05, 3.63) is 65.1 Å². The van der Waals surface area contributed by atoms with Gasteiger partial charge in [-0.2, -0.15) is 9.67 Å². The maximum atomic E-state index is 4.42. The normalized spacial score (nSPS) is 10.4. The van der Waals surface area contributed by atoms with Crippen LogP contribution in [0.5, 0.6) is 0 Å². The smallest absolute Gasteiger partial charge is 0.230 e. The first-order chi connectivity index (χ1) is 9.74. The first-order valence-electron chi connectivity index (χ1n) is 6.23. The fourth-order valence-electron chi connectivity index (χ4n) is 1.88. The highest BCUT2D eigenvalue weighted by Gasteiger charge is 2.12. The molecular weight excluding hydrogens is 268 g/mol. The molecular formula is C15H14N4S. The monoisotopic (exact) mass is 282 g/mol. The van der Waals surface area contributed by atoms with Gasteiger partial charge in [0.1, 0.15) is 5.82 Å². The molecule has 0 bridgehead atoms. The number of hydrogen-bond acceptors (Lipinski definition) is 4. The van der Waals surface area contributed by atoms with Crippen molar-refractivity contribution in [1.82, 2.24) is 14.8 Å². The van der Waals surface area contributed by atoms with E-state index in [0.29, 0.717) is 11.8 Å². The molecule has 2 heterocycles. The highest BCUT2D eigenvalue weighted by Crippen LogP contribution is 2.24. The lowest BCUT2D eigenvalue weighted by atomic mass is 10.3. The standard InChI is InChI=1S/C15H14N4S/c1-11(14-9-6-10-20-14)19-15(16-12(2)18-19)17-13-7-4-3-5-8-13/h3-10H,1H2,2H3,(H,16,17,18). The average Bonchev–Trinajstić information content (AvgIpc) is 3.09. The lowest BCUT2D eigenvalue weighted by Gasteiger charge is -2.09. The summed E-state index contributed by atoms with van der Waals surface area (Å²) in [7, 11) is 0. The molecule has 1 aromatic carbocycles. The van der Waals surface area contributed by atoms with E-state index in [2.05, 4.69) is 22.0 Å². The van der Waals surface area contributed by atoms with Crippen LogP contribution < -0.4 is 5.32 Å². The second-order valence-electron chi connectivity index (χ2n) is 4.31. The quantitative estimate of drug-likeness (QED) is 0.789. The van der Waals surface area contributed by atoms with Gasteiger partial charge >= 0.3 is 0 Å². The molecule has 0 unspecified atom stereocenters. The fourth-order valence-corrected chi connectivity index (χ4v) is 2.57. The lowest BCUT2D eigenvalue weighted by molar-refractivity contribution is 0.895. The third kappa shape index (κ3) is 2.48. The number of thiophene rings is 1. The summed E-state index contributed by atoms with van der Waals surface area (Å²) in [4.78, 5) is 5.50. The molecule has 0 aliphatic carbocycles. The van der Waals surface area contributed by atoms with Crippen LogP contribution in [0, 0.1) is 6.92 Å². The molecule has 0 aliphatic heterocycles. The van der Waals surface area contributed by atoms with Gasteiger partial charge in [0.05, 0.1) is 10.6 Å². The van der Waals surface area contributed by atoms with Gasteiger partial charge < -0.3 is 5.32 Å². The summed E-state index contributed by atoms with van der Waals surface area (Å²) in [5.41, 5.74) is 1.79. The number of hydrogen-bond donors (Lipinski definition) is 1. The number of para-hydroxylation sites is 1. The number of nitrogens with one attached hydrogen (secondary N) is 1. The molecule has 0 saturated heterocycles. The van der Waals surface area contributed by atoms with Crippen molar-refractivity contribution in [3.63, 3.8) is 0 Å². The molecule has 1 N–H and O–H groups in total. The van der Waals surface area contributed by atoms with E-state index in [1.54, 1.807) is 16.0 Å². The van der Waals surface area contributed by atoms with Gasteiger partial charge in [0.2, 0.25) is 5.95 Å².